The van der Waals surface area contributed by atoms with E-state index in [9.17, 15) is 9.67 Å². The molecule has 0 amide bonds. The topological polar surface area (TPSA) is 65.0 Å². The quantitative estimate of drug-likeness (QED) is 0.385. The molecule has 2 aromatic carbocycles. The van der Waals surface area contributed by atoms with E-state index in [1.807, 2.05) is 12.1 Å². The lowest BCUT2D eigenvalue weighted by Gasteiger charge is -2.30. The highest BCUT2D eigenvalue weighted by molar-refractivity contribution is 7.99. The Morgan fingerprint density at radius 2 is 1.32 bits per heavy atom. The molecule has 0 radical (unpaired) electrons. The van der Waals surface area contributed by atoms with Gasteiger partial charge in [0, 0.05) is 12.0 Å². The van der Waals surface area contributed by atoms with E-state index in [-0.39, 0.29) is 0 Å². The van der Waals surface area contributed by atoms with Crippen LogP contribution in [0.25, 0.3) is 0 Å². The van der Waals surface area contributed by atoms with Gasteiger partial charge in [0.05, 0.1) is 0 Å². The second-order valence-corrected chi connectivity index (χ2v) is 8.70. The van der Waals surface area contributed by atoms with Crippen LogP contribution in [0.5, 0.6) is 11.5 Å². The van der Waals surface area contributed by atoms with Gasteiger partial charge < -0.3 is 14.2 Å². The molecule has 0 aliphatic heterocycles. The van der Waals surface area contributed by atoms with Gasteiger partial charge in [-0.3, -0.25) is 0 Å². The monoisotopic (exact) mass is 380 g/mol. The van der Waals surface area contributed by atoms with Crippen molar-refractivity contribution in [1.29, 1.82) is 0 Å². The minimum absolute atomic E-state index is 0.373. The molecule has 0 spiro atoms. The highest BCUT2D eigenvalue weighted by Crippen LogP contribution is 2.55. The molecule has 1 fully saturated rings. The fourth-order valence-electron chi connectivity index (χ4n) is 2.57. The van der Waals surface area contributed by atoms with Crippen molar-refractivity contribution in [3.8, 4) is 11.5 Å². The number of para-hydroxylation sites is 2. The molecule has 1 aliphatic carbocycles. The minimum atomic E-state index is -3.97. The largest absolute Gasteiger partial charge is 0.599 e. The smallest absolute Gasteiger partial charge is 0.394 e. The molecule has 0 saturated heterocycles. The number of benzene rings is 2. The minimum Gasteiger partial charge on any atom is -0.394 e. The SMILES string of the molecule is O=P(OSC1(O)CCCCC1)(Oc1ccccc1)Oc1ccccc1. The fourth-order valence-corrected chi connectivity index (χ4v) is 4.99. The van der Waals surface area contributed by atoms with Crippen molar-refractivity contribution in [3.05, 3.63) is 60.7 Å². The van der Waals surface area contributed by atoms with E-state index < -0.39 is 12.8 Å². The van der Waals surface area contributed by atoms with Crippen LogP contribution in [0.15, 0.2) is 60.7 Å². The van der Waals surface area contributed by atoms with E-state index in [4.69, 9.17) is 13.0 Å². The second-order valence-electron chi connectivity index (χ2n) is 5.92. The molecule has 1 saturated carbocycles. The highest BCUT2D eigenvalue weighted by atomic mass is 32.2. The van der Waals surface area contributed by atoms with Crippen molar-refractivity contribution in [2.75, 3.05) is 0 Å². The third-order valence-electron chi connectivity index (χ3n) is 3.84. The summed E-state index contributed by atoms with van der Waals surface area (Å²) >= 11 is 0.788. The maximum atomic E-state index is 13.1. The Labute approximate surface area is 152 Å². The van der Waals surface area contributed by atoms with Crippen LogP contribution in [0.4, 0.5) is 0 Å². The van der Waals surface area contributed by atoms with Gasteiger partial charge in [-0.1, -0.05) is 42.8 Å². The van der Waals surface area contributed by atoms with Gasteiger partial charge >= 0.3 is 7.82 Å². The number of rotatable bonds is 7. The van der Waals surface area contributed by atoms with Gasteiger partial charge in [-0.2, -0.15) is 3.97 Å². The third kappa shape index (κ3) is 5.51. The van der Waals surface area contributed by atoms with Crippen LogP contribution < -0.4 is 9.05 Å². The number of hydrogen-bond acceptors (Lipinski definition) is 6. The number of aliphatic hydroxyl groups is 1. The van der Waals surface area contributed by atoms with Gasteiger partial charge in [0.25, 0.3) is 0 Å². The maximum Gasteiger partial charge on any atom is 0.599 e. The van der Waals surface area contributed by atoms with E-state index in [1.54, 1.807) is 48.5 Å². The Morgan fingerprint density at radius 1 is 0.840 bits per heavy atom. The van der Waals surface area contributed by atoms with Crippen molar-refractivity contribution in [2.45, 2.75) is 37.0 Å². The van der Waals surface area contributed by atoms with Crippen LogP contribution in [0.3, 0.4) is 0 Å². The summed E-state index contributed by atoms with van der Waals surface area (Å²) in [4.78, 5) is -1.06. The molecule has 0 aromatic heterocycles. The van der Waals surface area contributed by atoms with Gasteiger partial charge in [-0.05, 0) is 49.9 Å². The molecule has 7 heteroatoms. The zero-order chi connectivity index (χ0) is 17.6. The Hall–Kier alpha value is -1.46. The van der Waals surface area contributed by atoms with Crippen LogP contribution in [-0.2, 0) is 8.54 Å². The summed E-state index contributed by atoms with van der Waals surface area (Å²) in [5.41, 5.74) is 0. The summed E-state index contributed by atoms with van der Waals surface area (Å²) in [5, 5.41) is 10.6. The van der Waals surface area contributed by atoms with E-state index in [0.29, 0.717) is 24.3 Å². The molecule has 0 unspecified atom stereocenters. The Bertz CT molecular complexity index is 658. The first kappa shape index (κ1) is 18.3. The first-order chi connectivity index (χ1) is 12.1. The molecule has 1 aliphatic rings. The summed E-state index contributed by atoms with van der Waals surface area (Å²) in [5.74, 6) is 0.746. The molecule has 0 bridgehead atoms. The molecule has 134 valence electrons. The predicted octanol–water partition coefficient (Wildman–Crippen LogP) is 5.57. The van der Waals surface area contributed by atoms with Crippen molar-refractivity contribution in [3.63, 3.8) is 0 Å². The van der Waals surface area contributed by atoms with E-state index >= 15 is 0 Å². The van der Waals surface area contributed by atoms with Gasteiger partial charge in [0.15, 0.2) is 0 Å². The van der Waals surface area contributed by atoms with Crippen molar-refractivity contribution >= 4 is 19.9 Å². The van der Waals surface area contributed by atoms with E-state index in [2.05, 4.69) is 0 Å². The van der Waals surface area contributed by atoms with Crippen LogP contribution in [0.2, 0.25) is 0 Å². The second kappa shape index (κ2) is 8.28. The Balaban J connectivity index is 1.74. The molecule has 1 N–H and O–H groups in total. The average Bonchev–Trinajstić information content (AvgIpc) is 2.63. The third-order valence-corrected chi connectivity index (χ3v) is 6.46. The van der Waals surface area contributed by atoms with Gasteiger partial charge in [0.2, 0.25) is 0 Å². The maximum absolute atomic E-state index is 13.1. The summed E-state index contributed by atoms with van der Waals surface area (Å²) in [7, 11) is -3.97. The van der Waals surface area contributed by atoms with Crippen molar-refractivity contribution < 1.29 is 22.7 Å². The normalized spacial score (nSPS) is 17.0. The molecular formula is C18H21O5PS. The molecule has 2 aromatic rings. The molecular weight excluding hydrogens is 359 g/mol. The molecule has 5 nitrogen and oxygen atoms in total. The average molecular weight is 380 g/mol. The summed E-state index contributed by atoms with van der Waals surface area (Å²) in [6.07, 6.45) is 4.09. The van der Waals surface area contributed by atoms with E-state index in [1.165, 1.54) is 0 Å². The first-order valence-corrected chi connectivity index (χ1v) is 10.5. The summed E-state index contributed by atoms with van der Waals surface area (Å²) in [6.45, 7) is 0. The van der Waals surface area contributed by atoms with Crippen LogP contribution in [0, 0.1) is 0 Å². The van der Waals surface area contributed by atoms with Crippen molar-refractivity contribution in [1.82, 2.24) is 0 Å². The standard InChI is InChI=1S/C18H21O5PS/c19-18(14-8-3-9-15-18)25-23-24(20,21-16-10-4-1-5-11-16)22-17-12-6-2-7-13-17/h1-2,4-7,10-13,19H,3,8-9,14-15H2. The lowest BCUT2D eigenvalue weighted by molar-refractivity contribution is 0.0887. The molecule has 0 heterocycles. The highest BCUT2D eigenvalue weighted by Gasteiger charge is 2.39. The number of phosphoric acid groups is 1. The first-order valence-electron chi connectivity index (χ1n) is 8.26. The molecule has 3 rings (SSSR count). The predicted molar refractivity (Wildman–Crippen MR) is 98.5 cm³/mol. The lowest BCUT2D eigenvalue weighted by Crippen LogP contribution is -2.27. The Morgan fingerprint density at radius 3 is 1.80 bits per heavy atom. The zero-order valence-electron chi connectivity index (χ0n) is 13.7. The van der Waals surface area contributed by atoms with Crippen LogP contribution >= 0.6 is 19.9 Å². The van der Waals surface area contributed by atoms with Gasteiger partial charge in [-0.15, -0.1) is 0 Å². The van der Waals surface area contributed by atoms with E-state index in [0.717, 1.165) is 31.3 Å². The molecule has 0 atom stereocenters. The summed E-state index contributed by atoms with van der Waals surface area (Å²) < 4.78 is 29.6. The van der Waals surface area contributed by atoms with Crippen LogP contribution in [-0.4, -0.2) is 10.0 Å². The lowest BCUT2D eigenvalue weighted by atomic mass is 9.97. The number of phosphoric ester groups is 1. The fraction of sp³-hybridized carbons (Fsp3) is 0.333. The zero-order valence-corrected chi connectivity index (χ0v) is 15.5. The van der Waals surface area contributed by atoms with Gasteiger partial charge in [-0.25, -0.2) is 4.57 Å². The molecule has 25 heavy (non-hydrogen) atoms. The van der Waals surface area contributed by atoms with Crippen molar-refractivity contribution in [2.24, 2.45) is 0 Å². The number of hydrogen-bond donors (Lipinski definition) is 1. The van der Waals surface area contributed by atoms with Crippen LogP contribution in [0.1, 0.15) is 32.1 Å². The summed E-state index contributed by atoms with van der Waals surface area (Å²) in [6, 6.07) is 17.4. The van der Waals surface area contributed by atoms with Gasteiger partial charge in [0.1, 0.15) is 16.4 Å². The Kier molecular flexibility index (Phi) is 6.07.